The number of halogens is 1. The molecule has 0 amide bonds. The molecule has 0 aliphatic heterocycles. The number of hydrogen-bond acceptors (Lipinski definition) is 1. The minimum atomic E-state index is 0.623. The molecule has 0 spiro atoms. The van der Waals surface area contributed by atoms with E-state index in [1.54, 1.807) is 0 Å². The van der Waals surface area contributed by atoms with Gasteiger partial charge >= 0.3 is 0 Å². The summed E-state index contributed by atoms with van der Waals surface area (Å²) in [5.41, 5.74) is 1.43. The van der Waals surface area contributed by atoms with E-state index in [2.05, 4.69) is 66.4 Å². The van der Waals surface area contributed by atoms with Gasteiger partial charge in [0.2, 0.25) is 0 Å². The summed E-state index contributed by atoms with van der Waals surface area (Å²) in [6.07, 6.45) is 6.76. The molecular weight excluding hydrogens is 310 g/mol. The lowest BCUT2D eigenvalue weighted by Crippen LogP contribution is -2.38. The van der Waals surface area contributed by atoms with Crippen molar-refractivity contribution in [3.63, 3.8) is 0 Å². The van der Waals surface area contributed by atoms with Gasteiger partial charge < -0.3 is 5.32 Å². The minimum absolute atomic E-state index is 0.623. The molecule has 1 aromatic rings. The fourth-order valence-corrected chi connectivity index (χ4v) is 4.08. The van der Waals surface area contributed by atoms with Gasteiger partial charge in [-0.1, -0.05) is 41.9 Å². The topological polar surface area (TPSA) is 12.0 Å². The number of rotatable bonds is 5. The van der Waals surface area contributed by atoms with Gasteiger partial charge in [0, 0.05) is 10.5 Å². The second kappa shape index (κ2) is 7.61. The standard InChI is InChI=1S/C18H28BrN/c1-13(2)15-7-9-16(10-8-15)18(20-3)12-14-5-4-6-17(19)11-14/h4-6,11,13,15-16,18,20H,7-10,12H2,1-3H3. The Labute approximate surface area is 132 Å². The molecule has 2 heteroatoms. The van der Waals surface area contributed by atoms with Gasteiger partial charge in [0.1, 0.15) is 0 Å². The molecule has 2 rings (SSSR count). The molecule has 1 aliphatic rings. The fourth-order valence-electron chi connectivity index (χ4n) is 3.64. The Kier molecular flexibility index (Phi) is 6.10. The zero-order chi connectivity index (χ0) is 14.5. The summed E-state index contributed by atoms with van der Waals surface area (Å²) < 4.78 is 1.19. The van der Waals surface area contributed by atoms with Gasteiger partial charge in [-0.25, -0.2) is 0 Å². The first kappa shape index (κ1) is 16.0. The maximum absolute atomic E-state index is 3.57. The Morgan fingerprint density at radius 1 is 1.15 bits per heavy atom. The highest BCUT2D eigenvalue weighted by atomic mass is 79.9. The summed E-state index contributed by atoms with van der Waals surface area (Å²) in [6.45, 7) is 4.75. The highest BCUT2D eigenvalue weighted by Gasteiger charge is 2.28. The van der Waals surface area contributed by atoms with E-state index in [1.165, 1.54) is 35.7 Å². The molecule has 1 N–H and O–H groups in total. The van der Waals surface area contributed by atoms with Crippen LogP contribution in [0.15, 0.2) is 28.7 Å². The van der Waals surface area contributed by atoms with Crippen LogP contribution in [0.2, 0.25) is 0 Å². The van der Waals surface area contributed by atoms with E-state index in [9.17, 15) is 0 Å². The highest BCUT2D eigenvalue weighted by Crippen LogP contribution is 2.35. The molecule has 112 valence electrons. The first-order valence-corrected chi connectivity index (χ1v) is 8.81. The predicted octanol–water partition coefficient (Wildman–Crippen LogP) is 5.04. The van der Waals surface area contributed by atoms with Gasteiger partial charge in [-0.2, -0.15) is 0 Å². The van der Waals surface area contributed by atoms with Crippen molar-refractivity contribution >= 4 is 15.9 Å². The number of nitrogens with one attached hydrogen (secondary N) is 1. The van der Waals surface area contributed by atoms with Crippen LogP contribution in [0.1, 0.15) is 45.1 Å². The first-order chi connectivity index (χ1) is 9.60. The average Bonchev–Trinajstić information content (AvgIpc) is 2.45. The quantitative estimate of drug-likeness (QED) is 0.793. The number of likely N-dealkylation sites (N-methyl/N-ethyl adjacent to an activating group) is 1. The van der Waals surface area contributed by atoms with Gasteiger partial charge in [0.15, 0.2) is 0 Å². The first-order valence-electron chi connectivity index (χ1n) is 8.02. The van der Waals surface area contributed by atoms with Crippen LogP contribution in [0.5, 0.6) is 0 Å². The fraction of sp³-hybridized carbons (Fsp3) is 0.667. The Morgan fingerprint density at radius 2 is 1.80 bits per heavy atom. The lowest BCUT2D eigenvalue weighted by molar-refractivity contribution is 0.191. The van der Waals surface area contributed by atoms with Crippen LogP contribution in [0, 0.1) is 17.8 Å². The van der Waals surface area contributed by atoms with Crippen molar-refractivity contribution in [3.05, 3.63) is 34.3 Å². The molecule has 20 heavy (non-hydrogen) atoms. The average molecular weight is 338 g/mol. The van der Waals surface area contributed by atoms with Gasteiger partial charge in [-0.3, -0.25) is 0 Å². The predicted molar refractivity (Wildman–Crippen MR) is 91.0 cm³/mol. The van der Waals surface area contributed by atoms with E-state index < -0.39 is 0 Å². The Hall–Kier alpha value is -0.340. The normalized spacial score (nSPS) is 24.9. The van der Waals surface area contributed by atoms with Crippen LogP contribution < -0.4 is 5.32 Å². The van der Waals surface area contributed by atoms with Crippen molar-refractivity contribution in [1.29, 1.82) is 0 Å². The summed E-state index contributed by atoms with van der Waals surface area (Å²) in [4.78, 5) is 0. The zero-order valence-corrected chi connectivity index (χ0v) is 14.6. The van der Waals surface area contributed by atoms with Crippen LogP contribution in [-0.2, 0) is 6.42 Å². The van der Waals surface area contributed by atoms with E-state index in [4.69, 9.17) is 0 Å². The van der Waals surface area contributed by atoms with Gasteiger partial charge in [0.25, 0.3) is 0 Å². The summed E-state index contributed by atoms with van der Waals surface area (Å²) in [5.74, 6) is 2.65. The van der Waals surface area contributed by atoms with Crippen molar-refractivity contribution in [3.8, 4) is 0 Å². The molecule has 1 fully saturated rings. The Bertz CT molecular complexity index is 408. The summed E-state index contributed by atoms with van der Waals surface area (Å²) in [5, 5.41) is 3.57. The van der Waals surface area contributed by atoms with E-state index in [0.29, 0.717) is 6.04 Å². The summed E-state index contributed by atoms with van der Waals surface area (Å²) >= 11 is 3.57. The molecule has 1 aromatic carbocycles. The van der Waals surface area contributed by atoms with E-state index in [1.807, 2.05) is 0 Å². The van der Waals surface area contributed by atoms with Gasteiger partial charge in [-0.15, -0.1) is 0 Å². The van der Waals surface area contributed by atoms with Crippen LogP contribution in [-0.4, -0.2) is 13.1 Å². The molecule has 1 aliphatic carbocycles. The van der Waals surface area contributed by atoms with Crippen molar-refractivity contribution in [2.24, 2.45) is 17.8 Å². The molecule has 1 atom stereocenters. The number of hydrogen-bond donors (Lipinski definition) is 1. The largest absolute Gasteiger partial charge is 0.316 e. The van der Waals surface area contributed by atoms with Crippen LogP contribution in [0.25, 0.3) is 0 Å². The molecule has 0 heterocycles. The maximum atomic E-state index is 3.57. The molecule has 0 radical (unpaired) electrons. The maximum Gasteiger partial charge on any atom is 0.0178 e. The van der Waals surface area contributed by atoms with Crippen LogP contribution in [0.4, 0.5) is 0 Å². The third-order valence-electron chi connectivity index (χ3n) is 5.04. The Morgan fingerprint density at radius 3 is 2.35 bits per heavy atom. The Balaban J connectivity index is 1.92. The molecule has 0 bridgehead atoms. The second-order valence-corrected chi connectivity index (χ2v) is 7.56. The molecule has 0 aromatic heterocycles. The lowest BCUT2D eigenvalue weighted by Gasteiger charge is -2.35. The van der Waals surface area contributed by atoms with Crippen molar-refractivity contribution in [2.75, 3.05) is 7.05 Å². The van der Waals surface area contributed by atoms with Crippen molar-refractivity contribution in [1.82, 2.24) is 5.32 Å². The SMILES string of the molecule is CNC(Cc1cccc(Br)c1)C1CCC(C(C)C)CC1. The summed E-state index contributed by atoms with van der Waals surface area (Å²) in [7, 11) is 2.12. The lowest BCUT2D eigenvalue weighted by atomic mass is 9.73. The van der Waals surface area contributed by atoms with Crippen LogP contribution >= 0.6 is 15.9 Å². The minimum Gasteiger partial charge on any atom is -0.316 e. The van der Waals surface area contributed by atoms with E-state index in [-0.39, 0.29) is 0 Å². The summed E-state index contributed by atoms with van der Waals surface area (Å²) in [6, 6.07) is 9.37. The van der Waals surface area contributed by atoms with Crippen molar-refractivity contribution < 1.29 is 0 Å². The molecule has 1 nitrogen and oxygen atoms in total. The molecule has 1 saturated carbocycles. The van der Waals surface area contributed by atoms with Gasteiger partial charge in [0.05, 0.1) is 0 Å². The third kappa shape index (κ3) is 4.33. The van der Waals surface area contributed by atoms with Gasteiger partial charge in [-0.05, 0) is 74.6 Å². The van der Waals surface area contributed by atoms with Crippen molar-refractivity contribution in [2.45, 2.75) is 52.0 Å². The zero-order valence-electron chi connectivity index (χ0n) is 13.0. The smallest absolute Gasteiger partial charge is 0.0178 e. The van der Waals surface area contributed by atoms with Crippen LogP contribution in [0.3, 0.4) is 0 Å². The van der Waals surface area contributed by atoms with E-state index in [0.717, 1.165) is 24.2 Å². The highest BCUT2D eigenvalue weighted by molar-refractivity contribution is 9.10. The third-order valence-corrected chi connectivity index (χ3v) is 5.54. The monoisotopic (exact) mass is 337 g/mol. The molecule has 1 unspecified atom stereocenters. The second-order valence-electron chi connectivity index (χ2n) is 6.65. The molecular formula is C18H28BrN. The molecule has 0 saturated heterocycles. The van der Waals surface area contributed by atoms with E-state index >= 15 is 0 Å². The number of benzene rings is 1.